The first-order valence-corrected chi connectivity index (χ1v) is 9.37. The third kappa shape index (κ3) is 2.45. The van der Waals surface area contributed by atoms with Crippen molar-refractivity contribution in [3.63, 3.8) is 0 Å². The zero-order valence-corrected chi connectivity index (χ0v) is 15.1. The molecule has 4 aromatic rings. The lowest BCUT2D eigenvalue weighted by atomic mass is 10.0. The number of nitrogens with zero attached hydrogens (tertiary/aromatic N) is 2. The van der Waals surface area contributed by atoms with E-state index in [1.165, 1.54) is 24.3 Å². The van der Waals surface area contributed by atoms with Gasteiger partial charge in [-0.1, -0.05) is 18.2 Å². The summed E-state index contributed by atoms with van der Waals surface area (Å²) in [5, 5.41) is 10.6. The summed E-state index contributed by atoms with van der Waals surface area (Å²) in [6, 6.07) is 12.6. The van der Waals surface area contributed by atoms with Crippen LogP contribution in [0.25, 0.3) is 44.3 Å². The maximum Gasteiger partial charge on any atom is 0.335 e. The van der Waals surface area contributed by atoms with Crippen molar-refractivity contribution in [2.24, 2.45) is 0 Å². The third-order valence-electron chi connectivity index (χ3n) is 4.67. The molecule has 0 aliphatic heterocycles. The van der Waals surface area contributed by atoms with E-state index in [9.17, 15) is 22.9 Å². The van der Waals surface area contributed by atoms with Gasteiger partial charge in [0.1, 0.15) is 0 Å². The predicted octanol–water partition coefficient (Wildman–Crippen LogP) is 3.54. The average Bonchev–Trinajstić information content (AvgIpc) is 2.93. The summed E-state index contributed by atoms with van der Waals surface area (Å²) in [4.78, 5) is 20.2. The Hall–Kier alpha value is -3.40. The molecule has 0 atom stereocenters. The molecule has 0 spiro atoms. The minimum atomic E-state index is -4.38. The Morgan fingerprint density at radius 2 is 1.61 bits per heavy atom. The number of benzene rings is 3. The van der Waals surface area contributed by atoms with Crippen LogP contribution in [-0.2, 0) is 10.1 Å². The van der Waals surface area contributed by atoms with Gasteiger partial charge in [-0.25, -0.2) is 14.8 Å². The van der Waals surface area contributed by atoms with Crippen LogP contribution >= 0.6 is 0 Å². The molecule has 1 aromatic heterocycles. The van der Waals surface area contributed by atoms with Crippen molar-refractivity contribution in [2.45, 2.75) is 4.90 Å². The molecule has 0 fully saturated rings. The first kappa shape index (κ1) is 18.0. The van der Waals surface area contributed by atoms with Gasteiger partial charge in [-0.2, -0.15) is 8.42 Å². The van der Waals surface area contributed by atoms with Crippen LogP contribution in [-0.4, -0.2) is 34.0 Å². The van der Waals surface area contributed by atoms with Gasteiger partial charge in [-0.3, -0.25) is 4.55 Å². The number of carboxylic acids is 1. The number of hydrogen-bond donors (Lipinski definition) is 3. The molecule has 5 rings (SSSR count). The van der Waals surface area contributed by atoms with Crippen LogP contribution in [0.2, 0.25) is 0 Å². The number of carboxylic acid groups (broad SMARTS) is 1. The molecule has 5 N–H and O–H groups in total. The van der Waals surface area contributed by atoms with Crippen LogP contribution < -0.4 is 6.15 Å². The van der Waals surface area contributed by atoms with Gasteiger partial charge in [0.05, 0.1) is 32.9 Å². The second-order valence-corrected chi connectivity index (χ2v) is 7.70. The van der Waals surface area contributed by atoms with Crippen molar-refractivity contribution in [1.82, 2.24) is 16.1 Å². The van der Waals surface area contributed by atoms with E-state index in [4.69, 9.17) is 0 Å². The highest BCUT2D eigenvalue weighted by molar-refractivity contribution is 7.85. The van der Waals surface area contributed by atoms with Gasteiger partial charge in [0.15, 0.2) is 0 Å². The van der Waals surface area contributed by atoms with Crippen LogP contribution in [0.4, 0.5) is 0 Å². The van der Waals surface area contributed by atoms with E-state index in [2.05, 4.69) is 9.97 Å². The third-order valence-corrected chi connectivity index (χ3v) is 5.50. The highest BCUT2D eigenvalue weighted by Crippen LogP contribution is 2.46. The van der Waals surface area contributed by atoms with Crippen LogP contribution in [0.5, 0.6) is 0 Å². The lowest BCUT2D eigenvalue weighted by Gasteiger charge is -2.05. The van der Waals surface area contributed by atoms with Gasteiger partial charge >= 0.3 is 5.97 Å². The summed E-state index contributed by atoms with van der Waals surface area (Å²) < 4.78 is 32.8. The molecule has 3 aromatic carbocycles. The van der Waals surface area contributed by atoms with E-state index in [0.29, 0.717) is 33.4 Å². The van der Waals surface area contributed by atoms with E-state index < -0.39 is 16.1 Å². The minimum absolute atomic E-state index is 0. The van der Waals surface area contributed by atoms with Gasteiger partial charge in [0.2, 0.25) is 0 Å². The quantitative estimate of drug-likeness (QED) is 0.384. The fraction of sp³-hybridized carbons (Fsp3) is 0. The highest BCUT2D eigenvalue weighted by atomic mass is 32.2. The Morgan fingerprint density at radius 1 is 0.893 bits per heavy atom. The molecule has 9 heteroatoms. The van der Waals surface area contributed by atoms with E-state index in [1.807, 2.05) is 6.07 Å². The van der Waals surface area contributed by atoms with Crippen LogP contribution in [0.15, 0.2) is 53.4 Å². The van der Waals surface area contributed by atoms with Gasteiger partial charge in [-0.15, -0.1) is 0 Å². The number of aromatic carboxylic acids is 1. The van der Waals surface area contributed by atoms with Crippen molar-refractivity contribution >= 4 is 37.9 Å². The molecule has 8 nitrogen and oxygen atoms in total. The smallest absolute Gasteiger partial charge is 0.335 e. The topological polar surface area (TPSA) is 152 Å². The fourth-order valence-corrected chi connectivity index (χ4v) is 4.04. The lowest BCUT2D eigenvalue weighted by molar-refractivity contribution is 0.0697. The zero-order chi connectivity index (χ0) is 18.9. The molecule has 1 heterocycles. The van der Waals surface area contributed by atoms with Gasteiger partial charge < -0.3 is 11.3 Å². The zero-order valence-electron chi connectivity index (χ0n) is 14.2. The summed E-state index contributed by atoms with van der Waals surface area (Å²) in [6.45, 7) is 0. The minimum Gasteiger partial charge on any atom is -0.478 e. The maximum atomic E-state index is 11.7. The molecule has 0 radical (unpaired) electrons. The molecule has 1 aliphatic rings. The van der Waals surface area contributed by atoms with E-state index in [0.717, 1.165) is 10.9 Å². The summed E-state index contributed by atoms with van der Waals surface area (Å²) >= 11 is 0. The highest BCUT2D eigenvalue weighted by Gasteiger charge is 2.27. The van der Waals surface area contributed by atoms with Crippen LogP contribution in [0, 0.1) is 0 Å². The average molecular weight is 395 g/mol. The van der Waals surface area contributed by atoms with Crippen molar-refractivity contribution in [1.29, 1.82) is 0 Å². The Labute approximate surface area is 158 Å². The lowest BCUT2D eigenvalue weighted by Crippen LogP contribution is -1.99. The maximum absolute atomic E-state index is 11.7. The van der Waals surface area contributed by atoms with Gasteiger partial charge in [0.25, 0.3) is 10.1 Å². The van der Waals surface area contributed by atoms with Gasteiger partial charge in [0, 0.05) is 16.5 Å². The van der Waals surface area contributed by atoms with Gasteiger partial charge in [-0.05, 0) is 35.7 Å². The first-order valence-electron chi connectivity index (χ1n) is 7.93. The molecule has 0 saturated heterocycles. The Bertz CT molecular complexity index is 1430. The van der Waals surface area contributed by atoms with Crippen molar-refractivity contribution in [3.8, 4) is 22.5 Å². The number of aromatic nitrogens is 2. The number of hydrogen-bond acceptors (Lipinski definition) is 6. The summed E-state index contributed by atoms with van der Waals surface area (Å²) in [5.74, 6) is -1.05. The number of carbonyl (C=O) groups is 1. The first-order chi connectivity index (χ1) is 12.8. The fourth-order valence-electron chi connectivity index (χ4n) is 3.50. The molecular weight excluding hydrogens is 382 g/mol. The number of fused-ring (bicyclic) bond motifs is 4. The van der Waals surface area contributed by atoms with Crippen molar-refractivity contribution in [3.05, 3.63) is 54.1 Å². The second-order valence-electron chi connectivity index (χ2n) is 6.28. The molecule has 140 valence electrons. The SMILES string of the molecule is N.O=C(O)c1ccc2nc3c(nc2c1)-c1cccc2cc(S(=O)(=O)O)cc-3c12. The molecule has 1 aliphatic carbocycles. The van der Waals surface area contributed by atoms with E-state index in [1.54, 1.807) is 18.2 Å². The molecule has 0 saturated carbocycles. The number of rotatable bonds is 2. The van der Waals surface area contributed by atoms with E-state index >= 15 is 0 Å². The largest absolute Gasteiger partial charge is 0.478 e. The van der Waals surface area contributed by atoms with E-state index in [-0.39, 0.29) is 16.6 Å². The molecule has 0 amide bonds. The van der Waals surface area contributed by atoms with Crippen LogP contribution in [0.3, 0.4) is 0 Å². The second kappa shape index (κ2) is 5.80. The Balaban J connectivity index is 0.00000192. The Morgan fingerprint density at radius 3 is 2.32 bits per heavy atom. The monoisotopic (exact) mass is 395 g/mol. The van der Waals surface area contributed by atoms with Crippen LogP contribution in [0.1, 0.15) is 10.4 Å². The summed E-state index contributed by atoms with van der Waals surface area (Å²) in [5.41, 5.74) is 3.46. The molecule has 28 heavy (non-hydrogen) atoms. The van der Waals surface area contributed by atoms with Crippen molar-refractivity contribution < 1.29 is 22.9 Å². The normalized spacial score (nSPS) is 12.0. The molecule has 0 unspecified atom stereocenters. The Kier molecular flexibility index (Phi) is 3.72. The standard InChI is InChI=1S/C19H10N2O5S.H3N/c22-19(23)10-4-5-14-15(7-10)21-17-12-3-1-2-9-6-11(27(24,25)26)8-13(16(9)12)18(17)20-14;/h1-8H,(H,22,23)(H,24,25,26);1H3. The predicted molar refractivity (Wildman–Crippen MR) is 103 cm³/mol. The molecule has 0 bridgehead atoms. The molecular formula is C19H13N3O5S. The summed E-state index contributed by atoms with van der Waals surface area (Å²) in [7, 11) is -4.38. The summed E-state index contributed by atoms with van der Waals surface area (Å²) in [6.07, 6.45) is 0. The van der Waals surface area contributed by atoms with Crippen molar-refractivity contribution in [2.75, 3.05) is 0 Å².